The van der Waals surface area contributed by atoms with E-state index in [1.165, 1.54) is 12.8 Å². The molecule has 0 saturated heterocycles. The van der Waals surface area contributed by atoms with Crippen LogP contribution in [0.1, 0.15) is 29.4 Å². The number of nitrogens with zero attached hydrogens (tertiary/aromatic N) is 2. The molecule has 0 spiro atoms. The Hall–Kier alpha value is -0.810. The summed E-state index contributed by atoms with van der Waals surface area (Å²) in [6.45, 7) is 3.83. The smallest absolute Gasteiger partial charge is 0.349 e. The molecule has 16 heavy (non-hydrogen) atoms. The van der Waals surface area contributed by atoms with Crippen molar-refractivity contribution >= 4 is 34.0 Å². The molecule has 1 aliphatic carbocycles. The van der Waals surface area contributed by atoms with E-state index in [1.54, 1.807) is 0 Å². The second-order valence-electron chi connectivity index (χ2n) is 3.90. The van der Waals surface area contributed by atoms with Crippen LogP contribution in [0.15, 0.2) is 0 Å². The van der Waals surface area contributed by atoms with Gasteiger partial charge in [-0.1, -0.05) is 22.9 Å². The third kappa shape index (κ3) is 2.47. The number of carboxylic acid groups (broad SMARTS) is 1. The van der Waals surface area contributed by atoms with E-state index in [0.717, 1.165) is 35.5 Å². The van der Waals surface area contributed by atoms with Crippen molar-refractivity contribution in [3.8, 4) is 0 Å². The Morgan fingerprint density at radius 1 is 1.69 bits per heavy atom. The molecular weight excluding hydrogens is 248 g/mol. The van der Waals surface area contributed by atoms with Gasteiger partial charge in [-0.2, -0.15) is 0 Å². The highest BCUT2D eigenvalue weighted by Crippen LogP contribution is 2.34. The normalized spacial score (nSPS) is 15.1. The number of carboxylic acids is 1. The largest absolute Gasteiger partial charge is 0.477 e. The molecule has 1 aromatic heterocycles. The number of aromatic nitrogens is 1. The van der Waals surface area contributed by atoms with Crippen LogP contribution in [0, 0.1) is 5.92 Å². The second-order valence-corrected chi connectivity index (χ2v) is 5.24. The molecule has 4 nitrogen and oxygen atoms in total. The van der Waals surface area contributed by atoms with Gasteiger partial charge in [-0.3, -0.25) is 0 Å². The van der Waals surface area contributed by atoms with Gasteiger partial charge in [0.1, 0.15) is 0 Å². The highest BCUT2D eigenvalue weighted by Gasteiger charge is 2.26. The van der Waals surface area contributed by atoms with E-state index in [0.29, 0.717) is 0 Å². The first kappa shape index (κ1) is 11.7. The lowest BCUT2D eigenvalue weighted by molar-refractivity contribution is 0.0702. The summed E-state index contributed by atoms with van der Waals surface area (Å²) in [6, 6.07) is 0. The molecule has 2 rings (SSSR count). The lowest BCUT2D eigenvalue weighted by Crippen LogP contribution is -2.24. The van der Waals surface area contributed by atoms with Gasteiger partial charge in [0, 0.05) is 13.1 Å². The molecule has 1 fully saturated rings. The number of thiazole rings is 1. The van der Waals surface area contributed by atoms with Crippen LogP contribution in [0.4, 0.5) is 5.13 Å². The minimum Gasteiger partial charge on any atom is -0.477 e. The molecule has 0 atom stereocenters. The minimum absolute atomic E-state index is 0.0988. The first-order chi connectivity index (χ1) is 7.61. The van der Waals surface area contributed by atoms with Crippen LogP contribution < -0.4 is 4.90 Å². The minimum atomic E-state index is -1.00. The van der Waals surface area contributed by atoms with Crippen molar-refractivity contribution in [3.63, 3.8) is 0 Å². The number of carbonyl (C=O) groups is 1. The summed E-state index contributed by atoms with van der Waals surface area (Å²) < 4.78 is 0. The molecule has 1 saturated carbocycles. The van der Waals surface area contributed by atoms with E-state index >= 15 is 0 Å². The lowest BCUT2D eigenvalue weighted by Gasteiger charge is -2.18. The molecule has 88 valence electrons. The summed E-state index contributed by atoms with van der Waals surface area (Å²) in [4.78, 5) is 17.2. The van der Waals surface area contributed by atoms with Crippen molar-refractivity contribution < 1.29 is 9.90 Å². The molecule has 6 heteroatoms. The van der Waals surface area contributed by atoms with Gasteiger partial charge >= 0.3 is 5.97 Å². The zero-order valence-electron chi connectivity index (χ0n) is 8.94. The molecule has 1 aromatic rings. The summed E-state index contributed by atoms with van der Waals surface area (Å²) in [7, 11) is 0. The molecule has 0 amide bonds. The molecule has 0 unspecified atom stereocenters. The maximum absolute atomic E-state index is 10.8. The van der Waals surface area contributed by atoms with Crippen LogP contribution in [0.2, 0.25) is 5.15 Å². The second kappa shape index (κ2) is 4.59. The average Bonchev–Trinajstić information content (AvgIpc) is 2.97. The zero-order chi connectivity index (χ0) is 11.7. The van der Waals surface area contributed by atoms with Crippen molar-refractivity contribution in [2.24, 2.45) is 5.92 Å². The topological polar surface area (TPSA) is 53.4 Å². The molecule has 0 bridgehead atoms. The van der Waals surface area contributed by atoms with E-state index in [4.69, 9.17) is 16.7 Å². The Balaban J connectivity index is 2.16. The molecule has 1 aliphatic rings. The Labute approximate surface area is 103 Å². The van der Waals surface area contributed by atoms with Crippen molar-refractivity contribution in [2.45, 2.75) is 19.8 Å². The zero-order valence-corrected chi connectivity index (χ0v) is 10.5. The predicted molar refractivity (Wildman–Crippen MR) is 64.7 cm³/mol. The lowest BCUT2D eigenvalue weighted by atomic mass is 10.4. The highest BCUT2D eigenvalue weighted by molar-refractivity contribution is 7.18. The SMILES string of the molecule is CCN(CC1CC1)c1nc(Cl)c(C(=O)O)s1. The summed E-state index contributed by atoms with van der Waals surface area (Å²) in [5.74, 6) is -0.257. The molecule has 0 radical (unpaired) electrons. The predicted octanol–water partition coefficient (Wildman–Crippen LogP) is 2.73. The molecule has 1 heterocycles. The van der Waals surface area contributed by atoms with Crippen molar-refractivity contribution in [2.75, 3.05) is 18.0 Å². The Bertz CT molecular complexity index is 404. The first-order valence-electron chi connectivity index (χ1n) is 5.26. The number of anilines is 1. The molecule has 0 aliphatic heterocycles. The van der Waals surface area contributed by atoms with Crippen molar-refractivity contribution in [1.82, 2.24) is 4.98 Å². The number of halogens is 1. The van der Waals surface area contributed by atoms with Crippen LogP contribution in [0.3, 0.4) is 0 Å². The maximum atomic E-state index is 10.8. The quantitative estimate of drug-likeness (QED) is 0.885. The Morgan fingerprint density at radius 2 is 2.38 bits per heavy atom. The summed E-state index contributed by atoms with van der Waals surface area (Å²) >= 11 is 6.94. The Morgan fingerprint density at radius 3 is 2.81 bits per heavy atom. The fraction of sp³-hybridized carbons (Fsp3) is 0.600. The van der Waals surface area contributed by atoms with E-state index < -0.39 is 5.97 Å². The standard InChI is InChI=1S/C10H13ClN2O2S/c1-2-13(5-6-3-4-6)10-12-8(11)7(16-10)9(14)15/h6H,2-5H2,1H3,(H,14,15). The van der Waals surface area contributed by atoms with Crippen molar-refractivity contribution in [3.05, 3.63) is 10.0 Å². The van der Waals surface area contributed by atoms with E-state index in [9.17, 15) is 4.79 Å². The number of hydrogen-bond acceptors (Lipinski definition) is 4. The van der Waals surface area contributed by atoms with E-state index in [2.05, 4.69) is 9.88 Å². The Kier molecular flexibility index (Phi) is 3.35. The summed E-state index contributed by atoms with van der Waals surface area (Å²) in [5, 5.41) is 9.71. The summed E-state index contributed by atoms with van der Waals surface area (Å²) in [5.41, 5.74) is 0. The first-order valence-corrected chi connectivity index (χ1v) is 6.45. The number of hydrogen-bond donors (Lipinski definition) is 1. The van der Waals surface area contributed by atoms with Gasteiger partial charge in [0.05, 0.1) is 0 Å². The molecule has 1 N–H and O–H groups in total. The third-order valence-electron chi connectivity index (χ3n) is 2.60. The van der Waals surface area contributed by atoms with Gasteiger partial charge in [0.2, 0.25) is 0 Å². The van der Waals surface area contributed by atoms with Crippen LogP contribution in [-0.2, 0) is 0 Å². The number of rotatable bonds is 5. The van der Waals surface area contributed by atoms with Gasteiger partial charge in [-0.05, 0) is 25.7 Å². The molecule has 0 aromatic carbocycles. The van der Waals surface area contributed by atoms with Crippen LogP contribution >= 0.6 is 22.9 Å². The van der Waals surface area contributed by atoms with E-state index in [1.807, 2.05) is 6.92 Å². The monoisotopic (exact) mass is 260 g/mol. The maximum Gasteiger partial charge on any atom is 0.349 e. The number of aromatic carboxylic acids is 1. The van der Waals surface area contributed by atoms with Crippen LogP contribution in [0.25, 0.3) is 0 Å². The van der Waals surface area contributed by atoms with Gasteiger partial charge < -0.3 is 10.0 Å². The van der Waals surface area contributed by atoms with Gasteiger partial charge in [0.25, 0.3) is 0 Å². The van der Waals surface area contributed by atoms with Crippen LogP contribution in [0.5, 0.6) is 0 Å². The fourth-order valence-corrected chi connectivity index (χ4v) is 2.71. The third-order valence-corrected chi connectivity index (χ3v) is 4.09. The van der Waals surface area contributed by atoms with Crippen LogP contribution in [-0.4, -0.2) is 29.1 Å². The summed E-state index contributed by atoms with van der Waals surface area (Å²) in [6.07, 6.45) is 2.53. The fourth-order valence-electron chi connectivity index (χ4n) is 1.51. The van der Waals surface area contributed by atoms with Gasteiger partial charge in [-0.15, -0.1) is 0 Å². The van der Waals surface area contributed by atoms with Gasteiger partial charge in [-0.25, -0.2) is 9.78 Å². The average molecular weight is 261 g/mol. The highest BCUT2D eigenvalue weighted by atomic mass is 35.5. The van der Waals surface area contributed by atoms with Gasteiger partial charge in [0.15, 0.2) is 15.2 Å². The van der Waals surface area contributed by atoms with E-state index in [-0.39, 0.29) is 10.0 Å². The van der Waals surface area contributed by atoms with Crippen molar-refractivity contribution in [1.29, 1.82) is 0 Å². The molecular formula is C10H13ClN2O2S.